The summed E-state index contributed by atoms with van der Waals surface area (Å²) in [6, 6.07) is 6.92. The molecule has 0 atom stereocenters. The number of benzene rings is 1. The first-order valence-corrected chi connectivity index (χ1v) is 6.93. The first-order valence-electron chi connectivity index (χ1n) is 6.14. The van der Waals surface area contributed by atoms with Gasteiger partial charge in [0, 0.05) is 11.1 Å². The molecule has 0 saturated carbocycles. The van der Waals surface area contributed by atoms with E-state index in [1.807, 2.05) is 6.92 Å². The molecule has 2 N–H and O–H groups in total. The van der Waals surface area contributed by atoms with Crippen molar-refractivity contribution in [3.63, 3.8) is 0 Å². The minimum absolute atomic E-state index is 0.136. The summed E-state index contributed by atoms with van der Waals surface area (Å²) in [6.07, 6.45) is 0. The SMILES string of the molecule is CCOCCOCC(=O)NNC(=O)c1ccccc1Br. The Kier molecular flexibility index (Phi) is 7.86. The summed E-state index contributed by atoms with van der Waals surface area (Å²) < 4.78 is 10.8. The van der Waals surface area contributed by atoms with Crippen LogP contribution in [0.25, 0.3) is 0 Å². The van der Waals surface area contributed by atoms with E-state index in [1.54, 1.807) is 24.3 Å². The highest BCUT2D eigenvalue weighted by Crippen LogP contribution is 2.14. The van der Waals surface area contributed by atoms with Crippen LogP contribution >= 0.6 is 15.9 Å². The summed E-state index contributed by atoms with van der Waals surface area (Å²) in [4.78, 5) is 23.2. The molecule has 0 aliphatic carbocycles. The van der Waals surface area contributed by atoms with E-state index in [2.05, 4.69) is 26.8 Å². The molecular weight excluding hydrogens is 328 g/mol. The Morgan fingerprint density at radius 3 is 2.55 bits per heavy atom. The lowest BCUT2D eigenvalue weighted by molar-refractivity contribution is -0.127. The molecule has 0 aliphatic heterocycles. The summed E-state index contributed by atoms with van der Waals surface area (Å²) in [5.41, 5.74) is 5.02. The van der Waals surface area contributed by atoms with Gasteiger partial charge in [0.25, 0.3) is 11.8 Å². The van der Waals surface area contributed by atoms with Crippen molar-refractivity contribution in [2.45, 2.75) is 6.92 Å². The van der Waals surface area contributed by atoms with E-state index in [4.69, 9.17) is 9.47 Å². The van der Waals surface area contributed by atoms with Crippen LogP contribution in [0, 0.1) is 0 Å². The van der Waals surface area contributed by atoms with Gasteiger partial charge in [0.2, 0.25) is 0 Å². The van der Waals surface area contributed by atoms with E-state index < -0.39 is 11.8 Å². The summed E-state index contributed by atoms with van der Waals surface area (Å²) in [7, 11) is 0. The minimum atomic E-state index is -0.429. The Balaban J connectivity index is 2.24. The molecule has 0 spiro atoms. The molecule has 0 bridgehead atoms. The van der Waals surface area contributed by atoms with Crippen LogP contribution < -0.4 is 10.9 Å². The zero-order valence-electron chi connectivity index (χ0n) is 11.1. The van der Waals surface area contributed by atoms with E-state index in [-0.39, 0.29) is 6.61 Å². The highest BCUT2D eigenvalue weighted by Gasteiger charge is 2.10. The zero-order valence-corrected chi connectivity index (χ0v) is 12.7. The van der Waals surface area contributed by atoms with Crippen LogP contribution in [0.4, 0.5) is 0 Å². The van der Waals surface area contributed by atoms with Crippen molar-refractivity contribution in [2.24, 2.45) is 0 Å². The molecule has 0 radical (unpaired) electrons. The third-order valence-electron chi connectivity index (χ3n) is 2.24. The fraction of sp³-hybridized carbons (Fsp3) is 0.385. The average Bonchev–Trinajstić information content (AvgIpc) is 2.45. The fourth-order valence-corrected chi connectivity index (χ4v) is 1.77. The van der Waals surface area contributed by atoms with Crippen molar-refractivity contribution < 1.29 is 19.1 Å². The van der Waals surface area contributed by atoms with Crippen LogP contribution in [0.1, 0.15) is 17.3 Å². The molecular formula is C13H17BrN2O4. The minimum Gasteiger partial charge on any atom is -0.379 e. The number of hydrogen-bond acceptors (Lipinski definition) is 4. The molecule has 0 unspecified atom stereocenters. The first-order chi connectivity index (χ1) is 9.65. The first kappa shape index (κ1) is 16.6. The van der Waals surface area contributed by atoms with Crippen LogP contribution in [0.15, 0.2) is 28.7 Å². The van der Waals surface area contributed by atoms with Gasteiger partial charge < -0.3 is 9.47 Å². The third kappa shape index (κ3) is 6.14. The Bertz CT molecular complexity index is 454. The molecule has 1 aromatic rings. The predicted octanol–water partition coefficient (Wildman–Crippen LogP) is 1.26. The highest BCUT2D eigenvalue weighted by molar-refractivity contribution is 9.10. The molecule has 6 nitrogen and oxygen atoms in total. The van der Waals surface area contributed by atoms with Crippen LogP contribution in [-0.4, -0.2) is 38.2 Å². The number of amides is 2. The Hall–Kier alpha value is -1.44. The number of rotatable bonds is 7. The predicted molar refractivity (Wildman–Crippen MR) is 77.1 cm³/mol. The third-order valence-corrected chi connectivity index (χ3v) is 2.93. The van der Waals surface area contributed by atoms with Gasteiger partial charge in [0.05, 0.1) is 18.8 Å². The molecule has 110 valence electrons. The van der Waals surface area contributed by atoms with E-state index in [0.29, 0.717) is 29.9 Å². The van der Waals surface area contributed by atoms with Crippen molar-refractivity contribution in [1.29, 1.82) is 0 Å². The fourth-order valence-electron chi connectivity index (χ4n) is 1.30. The lowest BCUT2D eigenvalue weighted by Crippen LogP contribution is -2.43. The molecule has 1 rings (SSSR count). The number of carbonyl (C=O) groups is 2. The van der Waals surface area contributed by atoms with Crippen molar-refractivity contribution in [1.82, 2.24) is 10.9 Å². The second-order valence-electron chi connectivity index (χ2n) is 3.73. The van der Waals surface area contributed by atoms with Crippen molar-refractivity contribution in [2.75, 3.05) is 26.4 Å². The van der Waals surface area contributed by atoms with Crippen LogP contribution in [0.5, 0.6) is 0 Å². The Morgan fingerprint density at radius 2 is 1.85 bits per heavy atom. The van der Waals surface area contributed by atoms with E-state index in [1.165, 1.54) is 0 Å². The summed E-state index contributed by atoms with van der Waals surface area (Å²) in [5.74, 6) is -0.831. The van der Waals surface area contributed by atoms with Gasteiger partial charge >= 0.3 is 0 Å². The van der Waals surface area contributed by atoms with E-state index in [9.17, 15) is 9.59 Å². The van der Waals surface area contributed by atoms with Crippen LogP contribution in [-0.2, 0) is 14.3 Å². The van der Waals surface area contributed by atoms with Gasteiger partial charge in [0.15, 0.2) is 0 Å². The molecule has 0 aromatic heterocycles. The number of hydrogen-bond donors (Lipinski definition) is 2. The molecule has 1 aromatic carbocycles. The molecule has 7 heteroatoms. The number of hydrazine groups is 1. The number of ether oxygens (including phenoxy) is 2. The molecule has 0 aliphatic rings. The monoisotopic (exact) mass is 344 g/mol. The normalized spacial score (nSPS) is 10.1. The van der Waals surface area contributed by atoms with Crippen molar-refractivity contribution in [3.05, 3.63) is 34.3 Å². The zero-order chi connectivity index (χ0) is 14.8. The van der Waals surface area contributed by atoms with Gasteiger partial charge in [-0.1, -0.05) is 12.1 Å². The maximum atomic E-state index is 11.8. The molecule has 0 fully saturated rings. The molecule has 0 saturated heterocycles. The van der Waals surface area contributed by atoms with Crippen LogP contribution in [0.2, 0.25) is 0 Å². The van der Waals surface area contributed by atoms with Gasteiger partial charge in [0.1, 0.15) is 6.61 Å². The molecule has 2 amide bonds. The second-order valence-corrected chi connectivity index (χ2v) is 4.59. The van der Waals surface area contributed by atoms with Gasteiger partial charge in [-0.2, -0.15) is 0 Å². The number of halogens is 1. The lowest BCUT2D eigenvalue weighted by Gasteiger charge is -2.09. The van der Waals surface area contributed by atoms with Crippen molar-refractivity contribution >= 4 is 27.7 Å². The average molecular weight is 345 g/mol. The molecule has 0 heterocycles. The number of carbonyl (C=O) groups excluding carboxylic acids is 2. The summed E-state index contributed by atoms with van der Waals surface area (Å²) in [6.45, 7) is 3.12. The van der Waals surface area contributed by atoms with Gasteiger partial charge in [-0.3, -0.25) is 20.4 Å². The van der Waals surface area contributed by atoms with E-state index >= 15 is 0 Å². The Morgan fingerprint density at radius 1 is 1.15 bits per heavy atom. The quantitative estimate of drug-likeness (QED) is 0.576. The lowest BCUT2D eigenvalue weighted by atomic mass is 10.2. The Labute approximate surface area is 125 Å². The van der Waals surface area contributed by atoms with Gasteiger partial charge in [-0.15, -0.1) is 0 Å². The highest BCUT2D eigenvalue weighted by atomic mass is 79.9. The summed E-state index contributed by atoms with van der Waals surface area (Å²) >= 11 is 3.26. The van der Waals surface area contributed by atoms with Gasteiger partial charge in [-0.25, -0.2) is 0 Å². The van der Waals surface area contributed by atoms with Crippen molar-refractivity contribution in [3.8, 4) is 0 Å². The smallest absolute Gasteiger partial charge is 0.270 e. The standard InChI is InChI=1S/C13H17BrN2O4/c1-2-19-7-8-20-9-12(17)15-16-13(18)10-5-3-4-6-11(10)14/h3-6H,2,7-9H2,1H3,(H,15,17)(H,16,18). The second kappa shape index (κ2) is 9.46. The maximum absolute atomic E-state index is 11.8. The topological polar surface area (TPSA) is 76.7 Å². The van der Waals surface area contributed by atoms with Gasteiger partial charge in [-0.05, 0) is 35.0 Å². The maximum Gasteiger partial charge on any atom is 0.270 e. The molecule has 20 heavy (non-hydrogen) atoms. The number of nitrogens with one attached hydrogen (secondary N) is 2. The van der Waals surface area contributed by atoms with Crippen LogP contribution in [0.3, 0.4) is 0 Å². The van der Waals surface area contributed by atoms with E-state index in [0.717, 1.165) is 0 Å². The summed E-state index contributed by atoms with van der Waals surface area (Å²) in [5, 5.41) is 0. The largest absolute Gasteiger partial charge is 0.379 e.